The molecular formula is C12H11ClF4O3. The molecule has 1 aromatic carbocycles. The molecule has 0 saturated carbocycles. The number of aliphatic hydroxyl groups excluding tert-OH is 1. The molecule has 1 N–H and O–H groups in total. The van der Waals surface area contributed by atoms with Crippen LogP contribution in [0.1, 0.15) is 30.6 Å². The van der Waals surface area contributed by atoms with Crippen molar-refractivity contribution in [1.82, 2.24) is 0 Å². The Morgan fingerprint density at radius 1 is 1.45 bits per heavy atom. The lowest BCUT2D eigenvalue weighted by atomic mass is 10.0. The van der Waals surface area contributed by atoms with Gasteiger partial charge in [-0.05, 0) is 19.1 Å². The van der Waals surface area contributed by atoms with Crippen molar-refractivity contribution >= 4 is 17.6 Å². The number of carbonyl (C=O) groups is 1. The van der Waals surface area contributed by atoms with Crippen molar-refractivity contribution in [2.75, 3.05) is 6.61 Å². The Kier molecular flexibility index (Phi) is 5.35. The molecule has 0 aromatic heterocycles. The molecule has 1 rings (SSSR count). The maximum atomic E-state index is 13.6. The van der Waals surface area contributed by atoms with E-state index in [4.69, 9.17) is 11.6 Å². The van der Waals surface area contributed by atoms with Crippen LogP contribution in [-0.4, -0.2) is 17.7 Å². The Labute approximate surface area is 117 Å². The minimum atomic E-state index is -4.74. The highest BCUT2D eigenvalue weighted by molar-refractivity contribution is 6.30. The van der Waals surface area contributed by atoms with Crippen LogP contribution in [0.25, 0.3) is 0 Å². The largest absolute Gasteiger partial charge is 0.466 e. The maximum absolute atomic E-state index is 13.6. The first-order valence-electron chi connectivity index (χ1n) is 5.56. The average molecular weight is 315 g/mol. The monoisotopic (exact) mass is 314 g/mol. The summed E-state index contributed by atoms with van der Waals surface area (Å²) in [5, 5.41) is 8.87. The Morgan fingerprint density at radius 3 is 2.55 bits per heavy atom. The van der Waals surface area contributed by atoms with Gasteiger partial charge in [-0.2, -0.15) is 13.2 Å². The predicted molar refractivity (Wildman–Crippen MR) is 62.6 cm³/mol. The Hall–Kier alpha value is -1.34. The van der Waals surface area contributed by atoms with Crippen LogP contribution in [0.5, 0.6) is 0 Å². The Bertz CT molecular complexity index is 502. The molecular weight excluding hydrogens is 304 g/mol. The molecule has 0 saturated heterocycles. The number of aliphatic hydroxyl groups is 1. The van der Waals surface area contributed by atoms with Gasteiger partial charge in [0.15, 0.2) is 0 Å². The number of halogens is 5. The molecule has 0 amide bonds. The molecule has 0 spiro atoms. The van der Waals surface area contributed by atoms with Crippen molar-refractivity contribution in [2.24, 2.45) is 0 Å². The summed E-state index contributed by atoms with van der Waals surface area (Å²) in [5.74, 6) is -2.05. The summed E-state index contributed by atoms with van der Waals surface area (Å²) in [6.07, 6.45) is -7.17. The molecule has 0 radical (unpaired) electrons. The van der Waals surface area contributed by atoms with Crippen LogP contribution in [0, 0.1) is 5.82 Å². The number of ether oxygens (including phenoxy) is 1. The van der Waals surface area contributed by atoms with Gasteiger partial charge in [0.2, 0.25) is 0 Å². The molecule has 0 aliphatic heterocycles. The number of benzene rings is 1. The molecule has 0 aliphatic carbocycles. The summed E-state index contributed by atoms with van der Waals surface area (Å²) in [5.41, 5.74) is -1.90. The number of esters is 1. The topological polar surface area (TPSA) is 46.5 Å². The number of carbonyl (C=O) groups excluding carboxylic acids is 1. The standard InChI is InChI=1S/C12H11ClF4O3/c1-2-20-10(19)5-9(18)7-3-6(12(15,16)17)4-8(13)11(7)14/h3-4,9,18H,2,5H2,1H3. The Balaban J connectivity index is 3.10. The third-order valence-electron chi connectivity index (χ3n) is 2.41. The fourth-order valence-corrected chi connectivity index (χ4v) is 1.73. The number of hydrogen-bond donors (Lipinski definition) is 1. The van der Waals surface area contributed by atoms with Gasteiger partial charge in [0.1, 0.15) is 5.82 Å². The van der Waals surface area contributed by atoms with Gasteiger partial charge in [-0.25, -0.2) is 4.39 Å². The number of hydrogen-bond acceptors (Lipinski definition) is 3. The molecule has 1 aromatic rings. The van der Waals surface area contributed by atoms with Gasteiger partial charge in [-0.1, -0.05) is 11.6 Å². The number of rotatable bonds is 4. The fraction of sp³-hybridized carbons (Fsp3) is 0.417. The predicted octanol–water partition coefficient (Wildman–Crippen LogP) is 3.48. The van der Waals surface area contributed by atoms with Crippen molar-refractivity contribution < 1.29 is 32.2 Å². The first kappa shape index (κ1) is 16.7. The molecule has 3 nitrogen and oxygen atoms in total. The zero-order valence-corrected chi connectivity index (χ0v) is 11.1. The molecule has 20 heavy (non-hydrogen) atoms. The van der Waals surface area contributed by atoms with Crippen LogP contribution in [0.3, 0.4) is 0 Å². The maximum Gasteiger partial charge on any atom is 0.416 e. The van der Waals surface area contributed by atoms with Gasteiger partial charge in [0.05, 0.1) is 29.7 Å². The van der Waals surface area contributed by atoms with Crippen LogP contribution >= 0.6 is 11.6 Å². The smallest absolute Gasteiger partial charge is 0.416 e. The van der Waals surface area contributed by atoms with Gasteiger partial charge in [-0.3, -0.25) is 4.79 Å². The van der Waals surface area contributed by atoms with Gasteiger partial charge in [0.25, 0.3) is 0 Å². The zero-order valence-electron chi connectivity index (χ0n) is 10.3. The first-order chi connectivity index (χ1) is 9.16. The molecule has 0 aliphatic rings. The Morgan fingerprint density at radius 2 is 2.05 bits per heavy atom. The van der Waals surface area contributed by atoms with Crippen LogP contribution in [0.2, 0.25) is 5.02 Å². The van der Waals surface area contributed by atoms with Crippen molar-refractivity contribution in [1.29, 1.82) is 0 Å². The van der Waals surface area contributed by atoms with Crippen LogP contribution in [-0.2, 0) is 15.7 Å². The molecule has 0 fully saturated rings. The molecule has 112 valence electrons. The lowest BCUT2D eigenvalue weighted by Gasteiger charge is -2.15. The van der Waals surface area contributed by atoms with Crippen molar-refractivity contribution in [3.63, 3.8) is 0 Å². The summed E-state index contributed by atoms with van der Waals surface area (Å²) >= 11 is 5.36. The average Bonchev–Trinajstić information content (AvgIpc) is 2.31. The second-order valence-electron chi connectivity index (χ2n) is 3.88. The summed E-state index contributed by atoms with van der Waals surface area (Å²) in [7, 11) is 0. The lowest BCUT2D eigenvalue weighted by Crippen LogP contribution is -2.13. The minimum Gasteiger partial charge on any atom is -0.466 e. The van der Waals surface area contributed by atoms with Gasteiger partial charge in [0, 0.05) is 5.56 Å². The third kappa shape index (κ3) is 4.08. The molecule has 1 unspecified atom stereocenters. The molecule has 1 atom stereocenters. The summed E-state index contributed by atoms with van der Waals surface area (Å²) in [6.45, 7) is 1.56. The van der Waals surface area contributed by atoms with E-state index in [2.05, 4.69) is 4.74 Å². The minimum absolute atomic E-state index is 0.0391. The van der Waals surface area contributed by atoms with Crippen LogP contribution in [0.4, 0.5) is 17.6 Å². The zero-order chi connectivity index (χ0) is 15.5. The molecule has 8 heteroatoms. The SMILES string of the molecule is CCOC(=O)CC(O)c1cc(C(F)(F)F)cc(Cl)c1F. The third-order valence-corrected chi connectivity index (χ3v) is 2.68. The van der Waals surface area contributed by atoms with E-state index < -0.39 is 46.6 Å². The van der Waals surface area contributed by atoms with Crippen molar-refractivity contribution in [2.45, 2.75) is 25.6 Å². The van der Waals surface area contributed by atoms with Crippen molar-refractivity contribution in [3.05, 3.63) is 34.1 Å². The van der Waals surface area contributed by atoms with E-state index in [1.54, 1.807) is 0 Å². The summed E-state index contributed by atoms with van der Waals surface area (Å²) < 4.78 is 55.9. The highest BCUT2D eigenvalue weighted by Gasteiger charge is 2.33. The second-order valence-corrected chi connectivity index (χ2v) is 4.29. The summed E-state index contributed by atoms with van der Waals surface area (Å²) in [4.78, 5) is 11.1. The van der Waals surface area contributed by atoms with Crippen LogP contribution < -0.4 is 0 Å². The normalized spacial score (nSPS) is 13.2. The quantitative estimate of drug-likeness (QED) is 0.683. The van der Waals surface area contributed by atoms with E-state index in [1.807, 2.05) is 0 Å². The van der Waals surface area contributed by atoms with Crippen molar-refractivity contribution in [3.8, 4) is 0 Å². The highest BCUT2D eigenvalue weighted by Crippen LogP contribution is 2.35. The van der Waals surface area contributed by atoms with Gasteiger partial charge in [-0.15, -0.1) is 0 Å². The molecule has 0 bridgehead atoms. The van der Waals surface area contributed by atoms with E-state index >= 15 is 0 Å². The second kappa shape index (κ2) is 6.41. The lowest BCUT2D eigenvalue weighted by molar-refractivity contribution is -0.145. The van der Waals surface area contributed by atoms with E-state index in [9.17, 15) is 27.5 Å². The first-order valence-corrected chi connectivity index (χ1v) is 5.94. The van der Waals surface area contributed by atoms with E-state index in [0.29, 0.717) is 12.1 Å². The number of alkyl halides is 3. The van der Waals surface area contributed by atoms with E-state index in [-0.39, 0.29) is 6.61 Å². The van der Waals surface area contributed by atoms with Gasteiger partial charge < -0.3 is 9.84 Å². The van der Waals surface area contributed by atoms with E-state index in [0.717, 1.165) is 0 Å². The molecule has 0 heterocycles. The van der Waals surface area contributed by atoms with Gasteiger partial charge >= 0.3 is 12.1 Å². The van der Waals surface area contributed by atoms with E-state index in [1.165, 1.54) is 6.92 Å². The van der Waals surface area contributed by atoms with Crippen LogP contribution in [0.15, 0.2) is 12.1 Å². The highest BCUT2D eigenvalue weighted by atomic mass is 35.5. The summed E-state index contributed by atoms with van der Waals surface area (Å²) in [6, 6.07) is 0.836. The fourth-order valence-electron chi connectivity index (χ4n) is 1.50.